The summed E-state index contributed by atoms with van der Waals surface area (Å²) in [5.41, 5.74) is 1.08. The van der Waals surface area contributed by atoms with Gasteiger partial charge in [0.1, 0.15) is 0 Å². The summed E-state index contributed by atoms with van der Waals surface area (Å²) in [6, 6.07) is 6.79. The first kappa shape index (κ1) is 15.5. The molecule has 3 nitrogen and oxygen atoms in total. The van der Waals surface area contributed by atoms with Crippen LogP contribution >= 0.6 is 11.8 Å². The van der Waals surface area contributed by atoms with Crippen molar-refractivity contribution in [2.24, 2.45) is 0 Å². The molecule has 0 aliphatic heterocycles. The molecule has 0 amide bonds. The lowest BCUT2D eigenvalue weighted by Crippen LogP contribution is -2.06. The molecule has 0 unspecified atom stereocenters. The van der Waals surface area contributed by atoms with Gasteiger partial charge in [-0.25, -0.2) is 4.79 Å². The van der Waals surface area contributed by atoms with Gasteiger partial charge in [-0.15, -0.1) is 0 Å². The highest BCUT2D eigenvalue weighted by Gasteiger charge is 2.09. The second-order valence-corrected chi connectivity index (χ2v) is 4.67. The molecule has 0 spiro atoms. The Morgan fingerprint density at radius 2 is 2.16 bits per heavy atom. The van der Waals surface area contributed by atoms with Crippen molar-refractivity contribution in [1.29, 1.82) is 0 Å². The van der Waals surface area contributed by atoms with Crippen LogP contribution in [0, 0.1) is 0 Å². The molecule has 1 aromatic carbocycles. The number of hydrogen-bond acceptors (Lipinski definition) is 4. The van der Waals surface area contributed by atoms with Crippen molar-refractivity contribution in [2.75, 3.05) is 19.0 Å². The molecule has 0 saturated carbocycles. The maximum Gasteiger partial charge on any atom is 0.333 e. The van der Waals surface area contributed by atoms with Gasteiger partial charge >= 0.3 is 5.97 Å². The summed E-state index contributed by atoms with van der Waals surface area (Å²) >= 11 is 0.487. The van der Waals surface area contributed by atoms with E-state index in [0.29, 0.717) is 34.5 Å². The summed E-state index contributed by atoms with van der Waals surface area (Å²) < 4.78 is 29.3. The molecule has 0 saturated heterocycles. The van der Waals surface area contributed by atoms with E-state index in [-0.39, 0.29) is 0 Å². The highest BCUT2D eigenvalue weighted by molar-refractivity contribution is 7.99. The fraction of sp³-hybridized carbons (Fsp3) is 0.308. The number of ether oxygens (including phenoxy) is 1. The zero-order chi connectivity index (χ0) is 14.3. The Balaban J connectivity index is 2.65. The van der Waals surface area contributed by atoms with Crippen molar-refractivity contribution in [3.63, 3.8) is 0 Å². The summed E-state index contributed by atoms with van der Waals surface area (Å²) in [6.45, 7) is 2.00. The molecular weight excluding hydrogens is 272 g/mol. The summed E-state index contributed by atoms with van der Waals surface area (Å²) in [4.78, 5) is 11.6. The van der Waals surface area contributed by atoms with E-state index in [4.69, 9.17) is 0 Å². The fourth-order valence-corrected chi connectivity index (χ4v) is 1.99. The third kappa shape index (κ3) is 5.30. The van der Waals surface area contributed by atoms with Crippen LogP contribution in [0.5, 0.6) is 0 Å². The number of carbonyl (C=O) groups excluding carboxylic acids is 1. The Hall–Kier alpha value is -1.56. The number of alkyl halides is 2. The number of anilines is 1. The van der Waals surface area contributed by atoms with Gasteiger partial charge in [-0.3, -0.25) is 0 Å². The lowest BCUT2D eigenvalue weighted by molar-refractivity contribution is -0.136. The minimum Gasteiger partial charge on any atom is -0.466 e. The predicted molar refractivity (Wildman–Crippen MR) is 72.6 cm³/mol. The number of halogens is 2. The first-order chi connectivity index (χ1) is 9.04. The molecule has 0 aromatic heterocycles. The van der Waals surface area contributed by atoms with Gasteiger partial charge < -0.3 is 10.1 Å². The highest BCUT2D eigenvalue weighted by Crippen LogP contribution is 2.31. The van der Waals surface area contributed by atoms with E-state index < -0.39 is 11.7 Å². The lowest BCUT2D eigenvalue weighted by atomic mass is 10.2. The first-order valence-corrected chi connectivity index (χ1v) is 6.45. The molecule has 1 rings (SSSR count). The topological polar surface area (TPSA) is 38.3 Å². The second-order valence-electron chi connectivity index (χ2n) is 3.63. The number of methoxy groups -OCH3 is 1. The number of esters is 1. The number of benzene rings is 1. The van der Waals surface area contributed by atoms with Gasteiger partial charge in [-0.05, 0) is 19.1 Å². The second kappa shape index (κ2) is 7.78. The zero-order valence-corrected chi connectivity index (χ0v) is 11.5. The van der Waals surface area contributed by atoms with Crippen molar-refractivity contribution in [3.05, 3.63) is 35.9 Å². The van der Waals surface area contributed by atoms with Gasteiger partial charge in [0.2, 0.25) is 0 Å². The molecular formula is C13H15F2NO2S. The van der Waals surface area contributed by atoms with Crippen LogP contribution in [0.3, 0.4) is 0 Å². The van der Waals surface area contributed by atoms with Crippen LogP contribution < -0.4 is 5.32 Å². The van der Waals surface area contributed by atoms with Gasteiger partial charge in [0.15, 0.2) is 0 Å². The predicted octanol–water partition coefficient (Wildman–Crippen LogP) is 3.53. The van der Waals surface area contributed by atoms with E-state index in [1.807, 2.05) is 0 Å². The Bertz CT molecular complexity index is 464. The molecule has 0 aliphatic rings. The first-order valence-electron chi connectivity index (χ1n) is 5.57. The number of rotatable bonds is 6. The molecule has 104 valence electrons. The molecule has 1 aromatic rings. The van der Waals surface area contributed by atoms with Gasteiger partial charge in [0, 0.05) is 22.7 Å². The summed E-state index contributed by atoms with van der Waals surface area (Å²) in [6.07, 6.45) is 1.65. The molecule has 19 heavy (non-hydrogen) atoms. The Morgan fingerprint density at radius 1 is 1.47 bits per heavy atom. The van der Waals surface area contributed by atoms with E-state index in [0.717, 1.165) is 0 Å². The molecule has 1 N–H and O–H groups in total. The highest BCUT2D eigenvalue weighted by atomic mass is 32.2. The number of nitrogens with one attached hydrogen (secondary N) is 1. The number of thioether (sulfide) groups is 1. The Labute approximate surface area is 115 Å². The molecule has 6 heteroatoms. The monoisotopic (exact) mass is 287 g/mol. The minimum absolute atomic E-state index is 0.363. The van der Waals surface area contributed by atoms with E-state index in [2.05, 4.69) is 10.1 Å². The standard InChI is InChI=1S/C13H15F2NO2S/c1-9(12(17)18-2)7-8-16-10-5-3-4-6-11(10)19-13(14)15/h3-7,13,16H,8H2,1-2H3/b9-7+. The van der Waals surface area contributed by atoms with Crippen molar-refractivity contribution in [3.8, 4) is 0 Å². The quantitative estimate of drug-likeness (QED) is 0.493. The van der Waals surface area contributed by atoms with Gasteiger partial charge in [0.25, 0.3) is 5.76 Å². The van der Waals surface area contributed by atoms with E-state index in [9.17, 15) is 13.6 Å². The molecule has 0 atom stereocenters. The van der Waals surface area contributed by atoms with Gasteiger partial charge in [-0.2, -0.15) is 8.78 Å². The molecule has 0 aliphatic carbocycles. The van der Waals surface area contributed by atoms with Crippen molar-refractivity contribution in [1.82, 2.24) is 0 Å². The van der Waals surface area contributed by atoms with Crippen LogP contribution in [-0.4, -0.2) is 25.4 Å². The van der Waals surface area contributed by atoms with Crippen LogP contribution in [0.25, 0.3) is 0 Å². The summed E-state index contributed by atoms with van der Waals surface area (Å²) in [5.74, 6) is -2.87. The molecule has 0 bridgehead atoms. The Morgan fingerprint density at radius 3 is 2.79 bits per heavy atom. The Kier molecular flexibility index (Phi) is 6.35. The van der Waals surface area contributed by atoms with Crippen LogP contribution in [-0.2, 0) is 9.53 Å². The minimum atomic E-state index is -2.46. The van der Waals surface area contributed by atoms with Crippen molar-refractivity contribution in [2.45, 2.75) is 17.6 Å². The fourth-order valence-electron chi connectivity index (χ4n) is 1.37. The molecule has 0 fully saturated rings. The van der Waals surface area contributed by atoms with Gasteiger partial charge in [0.05, 0.1) is 7.11 Å². The average molecular weight is 287 g/mol. The van der Waals surface area contributed by atoms with Crippen molar-refractivity contribution < 1.29 is 18.3 Å². The van der Waals surface area contributed by atoms with E-state index >= 15 is 0 Å². The van der Waals surface area contributed by atoms with E-state index in [1.54, 1.807) is 37.3 Å². The SMILES string of the molecule is COC(=O)/C(C)=C/CNc1ccccc1SC(F)F. The summed E-state index contributed by atoms with van der Waals surface area (Å²) in [5, 5.41) is 2.99. The largest absolute Gasteiger partial charge is 0.466 e. The lowest BCUT2D eigenvalue weighted by Gasteiger charge is -2.09. The third-order valence-corrected chi connectivity index (χ3v) is 3.10. The normalized spacial score (nSPS) is 11.5. The average Bonchev–Trinajstić information content (AvgIpc) is 2.39. The zero-order valence-electron chi connectivity index (χ0n) is 10.7. The van der Waals surface area contributed by atoms with E-state index in [1.165, 1.54) is 7.11 Å². The maximum atomic E-state index is 12.4. The number of hydrogen-bond donors (Lipinski definition) is 1. The van der Waals surface area contributed by atoms with Crippen LogP contribution in [0.15, 0.2) is 40.8 Å². The molecule has 0 radical (unpaired) electrons. The van der Waals surface area contributed by atoms with Crippen LogP contribution in [0.4, 0.5) is 14.5 Å². The number of para-hydroxylation sites is 1. The summed E-state index contributed by atoms with van der Waals surface area (Å²) in [7, 11) is 1.31. The van der Waals surface area contributed by atoms with Crippen LogP contribution in [0.1, 0.15) is 6.92 Å². The molecule has 0 heterocycles. The van der Waals surface area contributed by atoms with Crippen molar-refractivity contribution >= 4 is 23.4 Å². The smallest absolute Gasteiger partial charge is 0.333 e. The van der Waals surface area contributed by atoms with Crippen LogP contribution in [0.2, 0.25) is 0 Å². The maximum absolute atomic E-state index is 12.4. The van der Waals surface area contributed by atoms with Gasteiger partial charge in [-0.1, -0.05) is 30.0 Å². The number of carbonyl (C=O) groups is 1. The third-order valence-electron chi connectivity index (χ3n) is 2.31.